The van der Waals surface area contributed by atoms with E-state index in [-0.39, 0.29) is 6.61 Å². The van der Waals surface area contributed by atoms with Crippen molar-refractivity contribution in [2.75, 3.05) is 13.7 Å². The van der Waals surface area contributed by atoms with Crippen LogP contribution in [0, 0.1) is 0 Å². The van der Waals surface area contributed by atoms with Crippen LogP contribution in [0.15, 0.2) is 24.3 Å². The third-order valence-corrected chi connectivity index (χ3v) is 2.01. The van der Waals surface area contributed by atoms with E-state index >= 15 is 0 Å². The van der Waals surface area contributed by atoms with E-state index in [0.717, 1.165) is 12.1 Å². The molecule has 0 bridgehead atoms. The van der Waals surface area contributed by atoms with Crippen LogP contribution in [0.3, 0.4) is 0 Å². The van der Waals surface area contributed by atoms with Crippen LogP contribution < -0.4 is 5.73 Å². The first kappa shape index (κ1) is 12.0. The van der Waals surface area contributed by atoms with Gasteiger partial charge in [0.2, 0.25) is 0 Å². The summed E-state index contributed by atoms with van der Waals surface area (Å²) in [5.41, 5.74) is 5.62. The molecule has 0 fully saturated rings. The molecule has 15 heavy (non-hydrogen) atoms. The minimum Gasteiger partial charge on any atom is -0.383 e. The van der Waals surface area contributed by atoms with Crippen LogP contribution in [0.4, 0.5) is 13.2 Å². The van der Waals surface area contributed by atoms with Gasteiger partial charge in [0.25, 0.3) is 0 Å². The van der Waals surface area contributed by atoms with Crippen molar-refractivity contribution in [3.63, 3.8) is 0 Å². The zero-order chi connectivity index (χ0) is 11.5. The minimum atomic E-state index is -4.30. The number of alkyl halides is 3. The lowest BCUT2D eigenvalue weighted by Gasteiger charge is -2.12. The van der Waals surface area contributed by atoms with Crippen LogP contribution in [-0.2, 0) is 10.9 Å². The topological polar surface area (TPSA) is 35.2 Å². The summed E-state index contributed by atoms with van der Waals surface area (Å²) >= 11 is 0. The molecule has 5 heteroatoms. The summed E-state index contributed by atoms with van der Waals surface area (Å²) in [4.78, 5) is 0. The van der Waals surface area contributed by atoms with Crippen molar-refractivity contribution in [3.05, 3.63) is 35.4 Å². The second-order valence-electron chi connectivity index (χ2n) is 3.18. The molecule has 2 N–H and O–H groups in total. The predicted octanol–water partition coefficient (Wildman–Crippen LogP) is 2.35. The Kier molecular flexibility index (Phi) is 3.71. The number of nitrogens with two attached hydrogens (primary N) is 1. The van der Waals surface area contributed by atoms with Gasteiger partial charge >= 0.3 is 6.18 Å². The maximum absolute atomic E-state index is 12.2. The van der Waals surface area contributed by atoms with Crippen LogP contribution in [0.5, 0.6) is 0 Å². The summed E-state index contributed by atoms with van der Waals surface area (Å²) in [5.74, 6) is 0. The molecule has 84 valence electrons. The number of benzene rings is 1. The smallest absolute Gasteiger partial charge is 0.383 e. The van der Waals surface area contributed by atoms with Gasteiger partial charge < -0.3 is 10.5 Å². The SMILES string of the molecule is COCC(N)c1ccc(C(F)(F)F)cc1. The Morgan fingerprint density at radius 1 is 1.27 bits per heavy atom. The van der Waals surface area contributed by atoms with E-state index in [1.165, 1.54) is 19.2 Å². The van der Waals surface area contributed by atoms with E-state index in [9.17, 15) is 13.2 Å². The van der Waals surface area contributed by atoms with Gasteiger partial charge in [0.05, 0.1) is 18.2 Å². The van der Waals surface area contributed by atoms with Gasteiger partial charge in [-0.15, -0.1) is 0 Å². The molecule has 0 aliphatic rings. The average molecular weight is 219 g/mol. The molecule has 1 aromatic rings. The Labute approximate surface area is 85.8 Å². The fourth-order valence-electron chi connectivity index (χ4n) is 1.20. The lowest BCUT2D eigenvalue weighted by molar-refractivity contribution is -0.137. The van der Waals surface area contributed by atoms with E-state index in [4.69, 9.17) is 10.5 Å². The molecular weight excluding hydrogens is 207 g/mol. The number of hydrogen-bond acceptors (Lipinski definition) is 2. The first-order valence-electron chi connectivity index (χ1n) is 4.37. The molecule has 1 atom stereocenters. The minimum absolute atomic E-state index is 0.283. The number of methoxy groups -OCH3 is 1. The highest BCUT2D eigenvalue weighted by Crippen LogP contribution is 2.29. The maximum atomic E-state index is 12.2. The molecule has 0 aromatic heterocycles. The molecule has 0 saturated carbocycles. The molecule has 0 radical (unpaired) electrons. The van der Waals surface area contributed by atoms with E-state index in [1.54, 1.807) is 0 Å². The first-order valence-corrected chi connectivity index (χ1v) is 4.37. The zero-order valence-corrected chi connectivity index (χ0v) is 8.21. The number of rotatable bonds is 3. The summed E-state index contributed by atoms with van der Waals surface area (Å²) in [7, 11) is 1.49. The molecule has 0 aliphatic heterocycles. The second-order valence-corrected chi connectivity index (χ2v) is 3.18. The van der Waals surface area contributed by atoms with E-state index in [2.05, 4.69) is 0 Å². The van der Waals surface area contributed by atoms with E-state index in [1.807, 2.05) is 0 Å². The molecule has 1 unspecified atom stereocenters. The van der Waals surface area contributed by atoms with Crippen molar-refractivity contribution in [1.29, 1.82) is 0 Å². The van der Waals surface area contributed by atoms with Crippen LogP contribution >= 0.6 is 0 Å². The predicted molar refractivity (Wildman–Crippen MR) is 50.2 cm³/mol. The first-order chi connectivity index (χ1) is 6.95. The van der Waals surface area contributed by atoms with Crippen LogP contribution in [0.1, 0.15) is 17.2 Å². The summed E-state index contributed by atoms with van der Waals surface area (Å²) in [6.45, 7) is 0.283. The number of ether oxygens (including phenoxy) is 1. The van der Waals surface area contributed by atoms with E-state index < -0.39 is 17.8 Å². The van der Waals surface area contributed by atoms with Gasteiger partial charge in [-0.3, -0.25) is 0 Å². The number of halogens is 3. The quantitative estimate of drug-likeness (QED) is 0.846. The summed E-state index contributed by atoms with van der Waals surface area (Å²) in [6, 6.07) is 4.38. The van der Waals surface area contributed by atoms with Crippen molar-refractivity contribution < 1.29 is 17.9 Å². The monoisotopic (exact) mass is 219 g/mol. The van der Waals surface area contributed by atoms with Gasteiger partial charge in [0.1, 0.15) is 0 Å². The molecule has 1 rings (SSSR count). The molecule has 0 spiro atoms. The highest BCUT2D eigenvalue weighted by molar-refractivity contribution is 5.26. The molecule has 2 nitrogen and oxygen atoms in total. The van der Waals surface area contributed by atoms with Crippen molar-refractivity contribution in [2.24, 2.45) is 5.73 Å². The Bertz CT molecular complexity index is 307. The molecule has 1 aromatic carbocycles. The third kappa shape index (κ3) is 3.21. The molecule has 0 heterocycles. The van der Waals surface area contributed by atoms with Gasteiger partial charge in [-0.1, -0.05) is 12.1 Å². The fourth-order valence-corrected chi connectivity index (χ4v) is 1.20. The Balaban J connectivity index is 2.81. The second kappa shape index (κ2) is 4.63. The van der Waals surface area contributed by atoms with Crippen LogP contribution in [-0.4, -0.2) is 13.7 Å². The van der Waals surface area contributed by atoms with Gasteiger partial charge in [-0.05, 0) is 17.7 Å². The maximum Gasteiger partial charge on any atom is 0.416 e. The standard InChI is InChI=1S/C10H12F3NO/c1-15-6-9(14)7-2-4-8(5-3-7)10(11,12)13/h2-5,9H,6,14H2,1H3. The van der Waals surface area contributed by atoms with Crippen molar-refractivity contribution in [1.82, 2.24) is 0 Å². The zero-order valence-electron chi connectivity index (χ0n) is 8.21. The summed E-state index contributed by atoms with van der Waals surface area (Å²) < 4.78 is 41.4. The lowest BCUT2D eigenvalue weighted by Crippen LogP contribution is -2.16. The highest BCUT2D eigenvalue weighted by atomic mass is 19.4. The molecule has 0 amide bonds. The largest absolute Gasteiger partial charge is 0.416 e. The number of hydrogen-bond donors (Lipinski definition) is 1. The summed E-state index contributed by atoms with van der Waals surface area (Å²) in [6.07, 6.45) is -4.30. The van der Waals surface area contributed by atoms with E-state index in [0.29, 0.717) is 5.56 Å². The Morgan fingerprint density at radius 2 is 1.80 bits per heavy atom. The van der Waals surface area contributed by atoms with Gasteiger partial charge in [0, 0.05) is 7.11 Å². The molecular formula is C10H12F3NO. The van der Waals surface area contributed by atoms with Crippen LogP contribution in [0.25, 0.3) is 0 Å². The van der Waals surface area contributed by atoms with Gasteiger partial charge in [-0.25, -0.2) is 0 Å². The summed E-state index contributed by atoms with van der Waals surface area (Å²) in [5, 5.41) is 0. The van der Waals surface area contributed by atoms with Gasteiger partial charge in [0.15, 0.2) is 0 Å². The average Bonchev–Trinajstić information content (AvgIpc) is 2.17. The highest BCUT2D eigenvalue weighted by Gasteiger charge is 2.30. The molecule has 0 saturated heterocycles. The normalized spacial score (nSPS) is 13.9. The Hall–Kier alpha value is -1.07. The van der Waals surface area contributed by atoms with Crippen molar-refractivity contribution in [2.45, 2.75) is 12.2 Å². The fraction of sp³-hybridized carbons (Fsp3) is 0.400. The van der Waals surface area contributed by atoms with Gasteiger partial charge in [-0.2, -0.15) is 13.2 Å². The van der Waals surface area contributed by atoms with Crippen molar-refractivity contribution in [3.8, 4) is 0 Å². The molecule has 0 aliphatic carbocycles. The van der Waals surface area contributed by atoms with Crippen molar-refractivity contribution >= 4 is 0 Å². The van der Waals surface area contributed by atoms with Crippen LogP contribution in [0.2, 0.25) is 0 Å². The third-order valence-electron chi connectivity index (χ3n) is 2.01. The Morgan fingerprint density at radius 3 is 2.20 bits per heavy atom. The lowest BCUT2D eigenvalue weighted by atomic mass is 10.1.